The van der Waals surface area contributed by atoms with Crippen LogP contribution in [0.5, 0.6) is 17.5 Å². The van der Waals surface area contributed by atoms with E-state index in [9.17, 15) is 19.8 Å². The fourth-order valence-corrected chi connectivity index (χ4v) is 8.73. The maximum Gasteiger partial charge on any atom is 0.254 e. The number of phenols is 1. The van der Waals surface area contributed by atoms with Crippen LogP contribution >= 0.6 is 11.3 Å². The number of nitrogens with two attached hydrogens (primary N) is 1. The molecule has 18 heteroatoms. The Kier molecular flexibility index (Phi) is 13.2. The lowest BCUT2D eigenvalue weighted by Crippen LogP contribution is -2.48. The van der Waals surface area contributed by atoms with Gasteiger partial charge in [0, 0.05) is 54.2 Å². The van der Waals surface area contributed by atoms with Crippen molar-refractivity contribution in [2.75, 3.05) is 25.5 Å². The highest BCUT2D eigenvalue weighted by atomic mass is 32.1. The number of aliphatic hydroxyl groups excluding tert-OH is 1. The van der Waals surface area contributed by atoms with Gasteiger partial charge >= 0.3 is 0 Å². The SMILES string of the molecule is Cc1ncsc1-c1ccc([C@H](C)NC(=O)[C@@H]2C[C@@H](O)CN2C(=O)[C@H](c2cc(OCCOc3ccc(C(C)n4cc(-c5cc(-c6ccccc6O)nnc5N)cn4)cn3)no2)C(C)C)cc1. The molecular weight excluding hydrogens is 849 g/mol. The van der Waals surface area contributed by atoms with E-state index in [0.29, 0.717) is 28.5 Å². The Morgan fingerprint density at radius 3 is 2.38 bits per heavy atom. The lowest BCUT2D eigenvalue weighted by molar-refractivity contribution is -0.141. The standard InChI is InChI=1S/C47H50N10O7S/c1-26(2)43(47(61)56-24-34(58)18-38(56)46(60)52-27(3)30-10-12-31(13-11-30)44-28(4)50-25-65-44)40-20-42(55-64-40)63-17-16-62-41-15-14-32(21-49-41)29(5)57-23-33(22-51-57)36-19-37(53-54-45(36)48)35-8-6-7-9-39(35)59/h6-15,19-23,25-27,29,34,38,43,58-59H,16-18,24H2,1-5H3,(H2,48,54)(H,52,60)/t27-,29?,34+,38-,43-/m0/s1. The third kappa shape index (κ3) is 9.83. The second-order valence-corrected chi connectivity index (χ2v) is 17.2. The Labute approximate surface area is 379 Å². The minimum absolute atomic E-state index is 0.0216. The number of phenolic OH excluding ortho intramolecular Hbond substituents is 1. The van der Waals surface area contributed by atoms with Crippen molar-refractivity contribution in [3.05, 3.63) is 119 Å². The predicted octanol–water partition coefficient (Wildman–Crippen LogP) is 6.76. The maximum atomic E-state index is 14.1. The van der Waals surface area contributed by atoms with Gasteiger partial charge in [-0.1, -0.05) is 50.2 Å². The topological polar surface area (TPSA) is 230 Å². The first-order valence-corrected chi connectivity index (χ1v) is 22.2. The van der Waals surface area contributed by atoms with Gasteiger partial charge in [0.2, 0.25) is 17.7 Å². The molecule has 6 heterocycles. The fraction of sp³-hybridized carbons (Fsp3) is 0.319. The number of aromatic nitrogens is 7. The van der Waals surface area contributed by atoms with Crippen molar-refractivity contribution in [2.24, 2.45) is 5.92 Å². The van der Waals surface area contributed by atoms with Gasteiger partial charge in [0.05, 0.1) is 46.2 Å². The summed E-state index contributed by atoms with van der Waals surface area (Å²) in [4.78, 5) is 39.2. The summed E-state index contributed by atoms with van der Waals surface area (Å²) < 4.78 is 19.1. The van der Waals surface area contributed by atoms with Gasteiger partial charge in [-0.25, -0.2) is 9.97 Å². The molecule has 2 aromatic carbocycles. The molecule has 1 saturated heterocycles. The van der Waals surface area contributed by atoms with Gasteiger partial charge in [0.25, 0.3) is 5.88 Å². The number of para-hydroxylation sites is 1. The van der Waals surface area contributed by atoms with Crippen molar-refractivity contribution >= 4 is 29.0 Å². The molecule has 336 valence electrons. The Morgan fingerprint density at radius 1 is 0.923 bits per heavy atom. The number of carbonyl (C=O) groups excluding carboxylic acids is 2. The van der Waals surface area contributed by atoms with Crippen molar-refractivity contribution in [2.45, 2.75) is 71.2 Å². The zero-order valence-electron chi connectivity index (χ0n) is 36.5. The number of aromatic hydroxyl groups is 1. The molecule has 1 unspecified atom stereocenters. The minimum atomic E-state index is -0.859. The van der Waals surface area contributed by atoms with Crippen molar-refractivity contribution in [3.8, 4) is 50.3 Å². The Balaban J connectivity index is 0.832. The van der Waals surface area contributed by atoms with E-state index in [4.69, 9.17) is 19.7 Å². The number of pyridine rings is 1. The zero-order chi connectivity index (χ0) is 45.8. The lowest BCUT2D eigenvalue weighted by atomic mass is 9.91. The number of benzene rings is 2. The molecule has 0 aliphatic carbocycles. The Morgan fingerprint density at radius 2 is 1.68 bits per heavy atom. The number of aryl methyl sites for hydroxylation is 1. The number of anilines is 1. The molecule has 65 heavy (non-hydrogen) atoms. The van der Waals surface area contributed by atoms with Crippen LogP contribution in [0.25, 0.3) is 32.8 Å². The molecule has 0 spiro atoms. The number of nitrogens with one attached hydrogen (secondary N) is 1. The van der Waals surface area contributed by atoms with Crippen molar-refractivity contribution in [1.29, 1.82) is 0 Å². The molecule has 5 atom stereocenters. The molecule has 0 saturated carbocycles. The van der Waals surface area contributed by atoms with Crippen molar-refractivity contribution in [1.82, 2.24) is 45.3 Å². The largest absolute Gasteiger partial charge is 0.507 e. The number of nitrogens with zero attached hydrogens (tertiary/aromatic N) is 8. The zero-order valence-corrected chi connectivity index (χ0v) is 37.3. The first-order chi connectivity index (χ1) is 31.3. The summed E-state index contributed by atoms with van der Waals surface area (Å²) >= 11 is 1.58. The van der Waals surface area contributed by atoms with E-state index < -0.39 is 18.1 Å². The summed E-state index contributed by atoms with van der Waals surface area (Å²) in [5.41, 5.74) is 14.3. The molecule has 7 aromatic rings. The van der Waals surface area contributed by atoms with Crippen LogP contribution in [-0.4, -0.2) is 93.9 Å². The number of aliphatic hydroxyl groups is 1. The first kappa shape index (κ1) is 44.4. The number of nitrogen functional groups attached to an aromatic ring is 1. The highest BCUT2D eigenvalue weighted by Crippen LogP contribution is 2.35. The fourth-order valence-electron chi connectivity index (χ4n) is 7.91. The number of ether oxygens (including phenoxy) is 2. The molecule has 0 bridgehead atoms. The average molecular weight is 899 g/mol. The van der Waals surface area contributed by atoms with E-state index in [1.54, 1.807) is 64.8 Å². The molecule has 17 nitrogen and oxygen atoms in total. The molecule has 1 aliphatic rings. The normalized spacial score (nSPS) is 16.3. The number of β-amino-alcohol motifs (C(OH)–C–C–N with tert-alkyl or cyclic N) is 1. The predicted molar refractivity (Wildman–Crippen MR) is 243 cm³/mol. The van der Waals surface area contributed by atoms with Crippen LogP contribution in [0.15, 0.2) is 101 Å². The Hall–Kier alpha value is -7.18. The molecule has 5 N–H and O–H groups in total. The molecule has 8 rings (SSSR count). The van der Waals surface area contributed by atoms with Gasteiger partial charge in [0.1, 0.15) is 30.9 Å². The highest BCUT2D eigenvalue weighted by Gasteiger charge is 2.43. The van der Waals surface area contributed by atoms with Gasteiger partial charge < -0.3 is 40.2 Å². The summed E-state index contributed by atoms with van der Waals surface area (Å²) in [7, 11) is 0. The van der Waals surface area contributed by atoms with Crippen LogP contribution in [0.2, 0.25) is 0 Å². The quantitative estimate of drug-likeness (QED) is 0.0735. The second-order valence-electron chi connectivity index (χ2n) is 16.4. The number of hydrogen-bond donors (Lipinski definition) is 4. The number of thiazole rings is 1. The molecule has 5 aromatic heterocycles. The van der Waals surface area contributed by atoms with E-state index in [-0.39, 0.29) is 73.4 Å². The van der Waals surface area contributed by atoms with E-state index in [0.717, 1.165) is 32.8 Å². The van der Waals surface area contributed by atoms with Crippen LogP contribution in [0.1, 0.15) is 74.7 Å². The number of likely N-dealkylation sites (tertiary alicyclic amines) is 1. The van der Waals surface area contributed by atoms with Crippen molar-refractivity contribution < 1.29 is 33.8 Å². The maximum absolute atomic E-state index is 14.1. The van der Waals surface area contributed by atoms with E-state index in [2.05, 4.69) is 35.7 Å². The summed E-state index contributed by atoms with van der Waals surface area (Å²) in [6.45, 7) is 9.92. The number of carbonyl (C=O) groups is 2. The van der Waals surface area contributed by atoms with Gasteiger partial charge in [-0.15, -0.1) is 21.5 Å². The second kappa shape index (κ2) is 19.3. The van der Waals surface area contributed by atoms with Crippen LogP contribution < -0.4 is 20.5 Å². The van der Waals surface area contributed by atoms with Gasteiger partial charge in [-0.05, 0) is 72.8 Å². The van der Waals surface area contributed by atoms with Crippen LogP contribution in [0.3, 0.4) is 0 Å². The molecular formula is C47H50N10O7S. The highest BCUT2D eigenvalue weighted by molar-refractivity contribution is 7.13. The smallest absolute Gasteiger partial charge is 0.254 e. The summed E-state index contributed by atoms with van der Waals surface area (Å²) in [6, 6.07) is 20.5. The van der Waals surface area contributed by atoms with Gasteiger partial charge in [0.15, 0.2) is 11.6 Å². The van der Waals surface area contributed by atoms with Gasteiger partial charge in [-0.3, -0.25) is 14.3 Å². The lowest BCUT2D eigenvalue weighted by Gasteiger charge is -2.29. The average Bonchev–Trinajstić information content (AvgIpc) is 4.14. The van der Waals surface area contributed by atoms with E-state index >= 15 is 0 Å². The summed E-state index contributed by atoms with van der Waals surface area (Å²) in [5, 5.41) is 40.9. The molecule has 1 aliphatic heterocycles. The van der Waals surface area contributed by atoms with E-state index in [1.165, 1.54) is 4.90 Å². The van der Waals surface area contributed by atoms with Crippen molar-refractivity contribution in [3.63, 3.8) is 0 Å². The van der Waals surface area contributed by atoms with Gasteiger partial charge in [-0.2, -0.15) is 5.10 Å². The first-order valence-electron chi connectivity index (χ1n) is 21.3. The Bertz CT molecular complexity index is 2750. The monoisotopic (exact) mass is 898 g/mol. The summed E-state index contributed by atoms with van der Waals surface area (Å²) in [5.74, 6) is -0.480. The van der Waals surface area contributed by atoms with Crippen LogP contribution in [0, 0.1) is 12.8 Å². The third-order valence-corrected chi connectivity index (χ3v) is 12.5. The summed E-state index contributed by atoms with van der Waals surface area (Å²) in [6.07, 6.45) is 4.55. The van der Waals surface area contributed by atoms with Crippen LogP contribution in [0.4, 0.5) is 5.82 Å². The molecule has 0 radical (unpaired) electrons. The minimum Gasteiger partial charge on any atom is -0.507 e. The number of hydrogen-bond acceptors (Lipinski definition) is 15. The molecule has 1 fully saturated rings. The third-order valence-electron chi connectivity index (χ3n) is 11.5. The number of rotatable bonds is 16. The molecule has 2 amide bonds. The number of amides is 2. The van der Waals surface area contributed by atoms with E-state index in [1.807, 2.05) is 82.7 Å². The van der Waals surface area contributed by atoms with Crippen LogP contribution in [-0.2, 0) is 9.59 Å².